The first-order valence-corrected chi connectivity index (χ1v) is 17.5. The Labute approximate surface area is 256 Å². The highest BCUT2D eigenvalue weighted by Crippen LogP contribution is 2.38. The molecule has 3 N–H and O–H groups in total. The second kappa shape index (κ2) is 12.2. The molecule has 1 saturated heterocycles. The van der Waals surface area contributed by atoms with Gasteiger partial charge in [0.2, 0.25) is 11.8 Å². The molecule has 2 aliphatic carbocycles. The van der Waals surface area contributed by atoms with Crippen molar-refractivity contribution in [3.05, 3.63) is 63.7 Å². The molecule has 2 atom stereocenters. The lowest BCUT2D eigenvalue weighted by molar-refractivity contribution is -0.132. The third-order valence-electron chi connectivity index (χ3n) is 8.86. The maximum absolute atomic E-state index is 13.9. The second-order valence-electron chi connectivity index (χ2n) is 11.7. The minimum atomic E-state index is -4.03. The van der Waals surface area contributed by atoms with Crippen LogP contribution in [-0.4, -0.2) is 49.7 Å². The van der Waals surface area contributed by atoms with E-state index in [0.29, 0.717) is 16.6 Å². The molecule has 2 aromatic carbocycles. The van der Waals surface area contributed by atoms with Gasteiger partial charge in [-0.05, 0) is 84.9 Å². The molecule has 1 saturated carbocycles. The lowest BCUT2D eigenvalue weighted by atomic mass is 9.86. The predicted molar refractivity (Wildman–Crippen MR) is 166 cm³/mol. The van der Waals surface area contributed by atoms with E-state index in [2.05, 4.69) is 34.1 Å². The summed E-state index contributed by atoms with van der Waals surface area (Å²) in [6.45, 7) is 2.90. The summed E-state index contributed by atoms with van der Waals surface area (Å²) in [5.74, 6) is -0.785. The Morgan fingerprint density at radius 2 is 1.93 bits per heavy atom. The van der Waals surface area contributed by atoms with E-state index in [0.717, 1.165) is 52.8 Å². The molecular weight excluding hydrogens is 592 g/mol. The van der Waals surface area contributed by atoms with Crippen molar-refractivity contribution < 1.29 is 18.0 Å². The largest absolute Gasteiger partial charge is 0.353 e. The van der Waals surface area contributed by atoms with E-state index in [1.165, 1.54) is 41.1 Å². The van der Waals surface area contributed by atoms with Crippen molar-refractivity contribution in [1.82, 2.24) is 20.3 Å². The lowest BCUT2D eigenvalue weighted by Gasteiger charge is -2.34. The zero-order chi connectivity index (χ0) is 29.4. The summed E-state index contributed by atoms with van der Waals surface area (Å²) in [5.41, 5.74) is 4.21. The topological polar surface area (TPSA) is 108 Å². The third kappa shape index (κ3) is 5.97. The summed E-state index contributed by atoms with van der Waals surface area (Å²) < 4.78 is 30.0. The van der Waals surface area contributed by atoms with Crippen LogP contribution < -0.4 is 16.0 Å². The van der Waals surface area contributed by atoms with Crippen LogP contribution >= 0.6 is 22.9 Å². The molecule has 2 fully saturated rings. The van der Waals surface area contributed by atoms with Crippen LogP contribution in [0.3, 0.4) is 0 Å². The van der Waals surface area contributed by atoms with Gasteiger partial charge in [-0.15, -0.1) is 11.3 Å². The summed E-state index contributed by atoms with van der Waals surface area (Å²) in [7, 11) is -4.03. The van der Waals surface area contributed by atoms with Crippen LogP contribution in [0.4, 0.5) is 0 Å². The van der Waals surface area contributed by atoms with E-state index in [-0.39, 0.29) is 35.7 Å². The molecule has 0 radical (unpaired) electrons. The highest BCUT2D eigenvalue weighted by molar-refractivity contribution is 7.91. The Morgan fingerprint density at radius 1 is 1.12 bits per heavy atom. The van der Waals surface area contributed by atoms with Gasteiger partial charge in [0.15, 0.2) is 0 Å². The van der Waals surface area contributed by atoms with E-state index < -0.39 is 22.0 Å². The van der Waals surface area contributed by atoms with Crippen molar-refractivity contribution in [1.29, 1.82) is 0 Å². The van der Waals surface area contributed by atoms with E-state index in [1.807, 2.05) is 0 Å². The monoisotopic (exact) mass is 628 g/mol. The number of carbonyl (C=O) groups is 2. The Hall–Kier alpha value is -2.50. The van der Waals surface area contributed by atoms with E-state index >= 15 is 0 Å². The summed E-state index contributed by atoms with van der Waals surface area (Å²) in [6, 6.07) is 11.1. The van der Waals surface area contributed by atoms with Crippen LogP contribution in [0.5, 0.6) is 0 Å². The maximum Gasteiger partial charge on any atom is 0.253 e. The first-order chi connectivity index (χ1) is 20.2. The molecule has 224 valence electrons. The number of piperazine rings is 1. The number of hydrogen-bond acceptors (Lipinski definition) is 6. The Balaban J connectivity index is 1.17. The minimum absolute atomic E-state index is 0.102. The molecule has 2 amide bonds. The number of rotatable bonds is 8. The molecule has 0 spiro atoms. The summed E-state index contributed by atoms with van der Waals surface area (Å²) in [5, 5.41) is 10.8. The Morgan fingerprint density at radius 3 is 2.74 bits per heavy atom. The molecule has 11 heteroatoms. The van der Waals surface area contributed by atoms with E-state index in [9.17, 15) is 18.0 Å². The highest BCUT2D eigenvalue weighted by Gasteiger charge is 2.41. The number of fused-ring (bicyclic) bond motifs is 2. The maximum atomic E-state index is 13.9. The standard InChI is InChI=1S/C31H37ClN4O4S2/c1-19-25-16-22(32)10-12-28(25)41-31(19)42(39,40)36-14-13-33-30(38)27(36)17-29(37)35-26-8-4-5-21-15-20(9-11-24(21)26)18-34-23-6-2-3-7-23/h9-12,15-16,23,26-27,34H,2-8,13-14,17-18H2,1H3,(H,33,38)(H,35,37)/t26-,27?/m1/s1. The number of amides is 2. The zero-order valence-electron chi connectivity index (χ0n) is 23.7. The number of hydrogen-bond donors (Lipinski definition) is 3. The van der Waals surface area contributed by atoms with Gasteiger partial charge in [0, 0.05) is 35.4 Å². The summed E-state index contributed by atoms with van der Waals surface area (Å²) in [6.07, 6.45) is 7.58. The number of carbonyl (C=O) groups excluding carboxylic acids is 2. The molecular formula is C31H37ClN4O4S2. The second-order valence-corrected chi connectivity index (χ2v) is 15.3. The number of nitrogens with one attached hydrogen (secondary N) is 3. The Bertz CT molecular complexity index is 1620. The SMILES string of the molecule is Cc1c(S(=O)(=O)N2CCNC(=O)C2CC(=O)N[C@@H]2CCCc3cc(CNC4CCCC4)ccc32)sc2ccc(Cl)cc12. The fourth-order valence-corrected chi connectivity index (χ4v) is 10.3. The van der Waals surface area contributed by atoms with Crippen molar-refractivity contribution in [3.63, 3.8) is 0 Å². The number of sulfonamides is 1. The van der Waals surface area contributed by atoms with Gasteiger partial charge in [0.1, 0.15) is 10.3 Å². The molecule has 0 bridgehead atoms. The average molecular weight is 629 g/mol. The van der Waals surface area contributed by atoms with Gasteiger partial charge in [-0.1, -0.05) is 42.6 Å². The zero-order valence-corrected chi connectivity index (χ0v) is 26.1. The number of benzene rings is 2. The minimum Gasteiger partial charge on any atom is -0.353 e. The van der Waals surface area contributed by atoms with Crippen molar-refractivity contribution >= 4 is 54.9 Å². The average Bonchev–Trinajstić information content (AvgIpc) is 3.61. The van der Waals surface area contributed by atoms with Crippen LogP contribution in [0.1, 0.15) is 73.2 Å². The molecule has 42 heavy (non-hydrogen) atoms. The number of halogens is 1. The van der Waals surface area contributed by atoms with Crippen molar-refractivity contribution in [2.75, 3.05) is 13.1 Å². The van der Waals surface area contributed by atoms with Crippen molar-refractivity contribution in [3.8, 4) is 0 Å². The van der Waals surface area contributed by atoms with E-state index in [1.54, 1.807) is 25.1 Å². The summed E-state index contributed by atoms with van der Waals surface area (Å²) >= 11 is 7.33. The number of nitrogens with zero attached hydrogens (tertiary/aromatic N) is 1. The van der Waals surface area contributed by atoms with Gasteiger partial charge in [-0.2, -0.15) is 4.31 Å². The first-order valence-electron chi connectivity index (χ1n) is 14.8. The van der Waals surface area contributed by atoms with Gasteiger partial charge in [0.05, 0.1) is 12.5 Å². The molecule has 6 rings (SSSR count). The van der Waals surface area contributed by atoms with Crippen molar-refractivity contribution in [2.24, 2.45) is 0 Å². The highest BCUT2D eigenvalue weighted by atomic mass is 35.5. The van der Waals surface area contributed by atoms with E-state index in [4.69, 9.17) is 11.6 Å². The number of thiophene rings is 1. The molecule has 3 aliphatic rings. The molecule has 8 nitrogen and oxygen atoms in total. The first kappa shape index (κ1) is 29.6. The Kier molecular flexibility index (Phi) is 8.62. The third-order valence-corrected chi connectivity index (χ3v) is 12.9. The fourth-order valence-electron chi connectivity index (χ4n) is 6.65. The van der Waals surface area contributed by atoms with Gasteiger partial charge >= 0.3 is 0 Å². The van der Waals surface area contributed by atoms with Crippen LogP contribution in [0.2, 0.25) is 5.02 Å². The molecule has 1 aromatic heterocycles. The van der Waals surface area contributed by atoms with Gasteiger partial charge in [-0.25, -0.2) is 8.42 Å². The molecule has 1 aliphatic heterocycles. The van der Waals surface area contributed by atoms with Gasteiger partial charge in [-0.3, -0.25) is 9.59 Å². The quantitative estimate of drug-likeness (QED) is 0.327. The molecule has 1 unspecified atom stereocenters. The smallest absolute Gasteiger partial charge is 0.253 e. The van der Waals surface area contributed by atoms with Gasteiger partial charge in [0.25, 0.3) is 10.0 Å². The molecule has 2 heterocycles. The number of aryl methyl sites for hydroxylation is 2. The van der Waals surface area contributed by atoms with Crippen LogP contribution in [0.25, 0.3) is 10.1 Å². The van der Waals surface area contributed by atoms with Crippen molar-refractivity contribution in [2.45, 2.75) is 87.2 Å². The van der Waals surface area contributed by atoms with Crippen LogP contribution in [0, 0.1) is 6.92 Å². The normalized spacial score (nSPS) is 21.8. The predicted octanol–water partition coefficient (Wildman–Crippen LogP) is 4.97. The molecule has 3 aromatic rings. The lowest BCUT2D eigenvalue weighted by Crippen LogP contribution is -2.58. The van der Waals surface area contributed by atoms with Crippen LogP contribution in [-0.2, 0) is 32.6 Å². The summed E-state index contributed by atoms with van der Waals surface area (Å²) in [4.78, 5) is 26.4. The van der Waals surface area contributed by atoms with Gasteiger partial charge < -0.3 is 16.0 Å². The van der Waals surface area contributed by atoms with Crippen LogP contribution in [0.15, 0.2) is 40.6 Å². The fraction of sp³-hybridized carbons (Fsp3) is 0.484.